The van der Waals surface area contributed by atoms with E-state index >= 15 is 4.39 Å². The molecule has 1 aliphatic carbocycles. The average molecular weight is 541 g/mol. The number of ether oxygens (including phenoxy) is 2. The van der Waals surface area contributed by atoms with E-state index in [1.165, 1.54) is 38.0 Å². The number of hydrogen-bond acceptors (Lipinski definition) is 6. The van der Waals surface area contributed by atoms with Crippen molar-refractivity contribution in [1.82, 2.24) is 9.88 Å². The van der Waals surface area contributed by atoms with E-state index in [0.29, 0.717) is 22.0 Å². The number of pyridine rings is 1. The highest BCUT2D eigenvalue weighted by atomic mass is 35.5. The van der Waals surface area contributed by atoms with Crippen molar-refractivity contribution < 1.29 is 28.9 Å². The Hall–Kier alpha value is -3.04. The minimum atomic E-state index is -1.66. The molecule has 2 aromatic carbocycles. The van der Waals surface area contributed by atoms with Gasteiger partial charge in [-0.05, 0) is 68.7 Å². The van der Waals surface area contributed by atoms with Gasteiger partial charge in [0.1, 0.15) is 11.6 Å². The molecule has 1 aromatic heterocycles. The first-order valence-corrected chi connectivity index (χ1v) is 12.8. The molecule has 2 heterocycles. The lowest BCUT2D eigenvalue weighted by Gasteiger charge is -2.40. The second kappa shape index (κ2) is 9.61. The van der Waals surface area contributed by atoms with Gasteiger partial charge in [0.2, 0.25) is 0 Å². The van der Waals surface area contributed by atoms with Gasteiger partial charge in [-0.15, -0.1) is 0 Å². The summed E-state index contributed by atoms with van der Waals surface area (Å²) in [5.74, 6) is -0.585. The molecule has 0 saturated heterocycles. The van der Waals surface area contributed by atoms with E-state index in [1.807, 2.05) is 0 Å². The summed E-state index contributed by atoms with van der Waals surface area (Å²) in [5, 5.41) is 21.1. The number of fused-ring (bicyclic) bond motifs is 1. The normalized spacial score (nSPS) is 20.0. The number of aliphatic hydroxyl groups is 2. The number of carbonyl (C=O) groups is 1. The molecule has 0 unspecified atom stereocenters. The molecular weight excluding hydrogens is 511 g/mol. The van der Waals surface area contributed by atoms with Crippen LogP contribution in [0.4, 0.5) is 4.39 Å². The number of amides is 1. The molecule has 7 nitrogen and oxygen atoms in total. The molecule has 0 bridgehead atoms. The number of benzene rings is 2. The smallest absolute Gasteiger partial charge is 0.257 e. The molecule has 38 heavy (non-hydrogen) atoms. The molecule has 0 radical (unpaired) electrons. The Labute approximate surface area is 225 Å². The molecular formula is C29H30ClFN2O5. The Bertz CT molecular complexity index is 1350. The summed E-state index contributed by atoms with van der Waals surface area (Å²) in [6.45, 7) is 3.10. The second-order valence-corrected chi connectivity index (χ2v) is 11.1. The number of nitrogens with zero attached hydrogens (tertiary/aromatic N) is 2. The number of hydrogen-bond donors (Lipinski definition) is 2. The molecule has 1 fully saturated rings. The first-order valence-electron chi connectivity index (χ1n) is 12.4. The minimum absolute atomic E-state index is 0.00352. The van der Waals surface area contributed by atoms with Crippen molar-refractivity contribution in [1.29, 1.82) is 0 Å². The summed E-state index contributed by atoms with van der Waals surface area (Å²) >= 11 is 6.19. The van der Waals surface area contributed by atoms with Crippen LogP contribution in [0.25, 0.3) is 0 Å². The molecule has 5 rings (SSSR count). The van der Waals surface area contributed by atoms with Crippen molar-refractivity contribution >= 4 is 17.5 Å². The van der Waals surface area contributed by atoms with Gasteiger partial charge < -0.3 is 19.7 Å². The van der Waals surface area contributed by atoms with Gasteiger partial charge >= 0.3 is 0 Å². The third-order valence-corrected chi connectivity index (χ3v) is 7.71. The molecule has 0 spiro atoms. The Morgan fingerprint density at radius 1 is 1.16 bits per heavy atom. The molecule has 3 aromatic rings. The first-order chi connectivity index (χ1) is 18.0. The van der Waals surface area contributed by atoms with Crippen LogP contribution in [-0.4, -0.2) is 46.3 Å². The molecule has 2 aliphatic rings. The lowest BCUT2D eigenvalue weighted by molar-refractivity contribution is -0.130. The first kappa shape index (κ1) is 26.6. The Morgan fingerprint density at radius 3 is 2.42 bits per heavy atom. The zero-order valence-corrected chi connectivity index (χ0v) is 22.3. The summed E-state index contributed by atoms with van der Waals surface area (Å²) in [5.41, 5.74) is -2.01. The fourth-order valence-corrected chi connectivity index (χ4v) is 4.98. The van der Waals surface area contributed by atoms with E-state index in [4.69, 9.17) is 21.1 Å². The van der Waals surface area contributed by atoms with Crippen molar-refractivity contribution in [2.45, 2.75) is 44.6 Å². The van der Waals surface area contributed by atoms with Crippen LogP contribution in [0.15, 0.2) is 54.7 Å². The summed E-state index contributed by atoms with van der Waals surface area (Å²) in [4.78, 5) is 20.0. The molecule has 2 N–H and O–H groups in total. The number of methoxy groups -OCH3 is 1. The van der Waals surface area contributed by atoms with Gasteiger partial charge in [-0.2, -0.15) is 0 Å². The van der Waals surface area contributed by atoms with Crippen molar-refractivity contribution in [2.24, 2.45) is 5.41 Å². The van der Waals surface area contributed by atoms with Crippen LogP contribution in [0.3, 0.4) is 0 Å². The zero-order chi connectivity index (χ0) is 27.3. The van der Waals surface area contributed by atoms with Gasteiger partial charge in [0.25, 0.3) is 5.91 Å². The third kappa shape index (κ3) is 4.56. The number of aromatic nitrogens is 1. The van der Waals surface area contributed by atoms with Crippen LogP contribution in [0, 0.1) is 11.2 Å². The highest BCUT2D eigenvalue weighted by Gasteiger charge is 2.56. The lowest BCUT2D eigenvalue weighted by Crippen LogP contribution is -2.48. The number of carbonyl (C=O) groups excluding carboxylic acids is 1. The van der Waals surface area contributed by atoms with Crippen LogP contribution in [0.5, 0.6) is 5.75 Å². The molecule has 1 saturated carbocycles. The van der Waals surface area contributed by atoms with Crippen LogP contribution >= 0.6 is 11.6 Å². The molecule has 1 amide bonds. The van der Waals surface area contributed by atoms with E-state index in [-0.39, 0.29) is 36.4 Å². The van der Waals surface area contributed by atoms with Crippen molar-refractivity contribution in [3.05, 3.63) is 93.5 Å². The Kier molecular flexibility index (Phi) is 6.72. The highest BCUT2D eigenvalue weighted by Crippen LogP contribution is 2.52. The van der Waals surface area contributed by atoms with Crippen LogP contribution in [0.1, 0.15) is 59.4 Å². The van der Waals surface area contributed by atoms with Gasteiger partial charge in [0, 0.05) is 16.0 Å². The monoisotopic (exact) mass is 540 g/mol. The predicted octanol–water partition coefficient (Wildman–Crippen LogP) is 4.76. The fourth-order valence-electron chi connectivity index (χ4n) is 4.86. The summed E-state index contributed by atoms with van der Waals surface area (Å²) in [6, 6.07) is 13.0. The van der Waals surface area contributed by atoms with E-state index < -0.39 is 28.5 Å². The number of rotatable bonds is 9. The van der Waals surface area contributed by atoms with Crippen molar-refractivity contribution in [2.75, 3.05) is 20.3 Å². The van der Waals surface area contributed by atoms with Crippen molar-refractivity contribution in [3.8, 4) is 5.75 Å². The van der Waals surface area contributed by atoms with E-state index in [0.717, 1.165) is 12.8 Å². The SMILES string of the molecule is COc1ccc(CN2C(=O)c3cc(C(C)(C)O)cc(F)c3[C@]2(OCC2(CO)CC2)c2ccc(Cl)cc2)nc1. The lowest BCUT2D eigenvalue weighted by atomic mass is 9.88. The predicted molar refractivity (Wildman–Crippen MR) is 139 cm³/mol. The van der Waals surface area contributed by atoms with Crippen LogP contribution in [-0.2, 0) is 22.6 Å². The maximum absolute atomic E-state index is 16.2. The topological polar surface area (TPSA) is 92.1 Å². The van der Waals surface area contributed by atoms with Gasteiger partial charge in [0.05, 0.1) is 55.5 Å². The largest absolute Gasteiger partial charge is 0.495 e. The quantitative estimate of drug-likeness (QED) is 0.407. The molecule has 1 atom stereocenters. The van der Waals surface area contributed by atoms with Gasteiger partial charge in [0.15, 0.2) is 5.72 Å². The maximum atomic E-state index is 16.2. The third-order valence-electron chi connectivity index (χ3n) is 7.46. The van der Waals surface area contributed by atoms with Crippen LogP contribution in [0.2, 0.25) is 5.02 Å². The van der Waals surface area contributed by atoms with E-state index in [1.54, 1.807) is 42.6 Å². The standard InChI is InChI=1S/C29H30ClFN2O5/c1-27(2,36)19-12-23-25(24(31)13-19)29(18-4-6-20(30)7-5-18,38-17-28(16-34)10-11-28)33(26(23)35)15-21-8-9-22(37-3)14-32-21/h4-9,12-14,34,36H,10-11,15-17H2,1-3H3/t29-/m1/s1. The molecule has 9 heteroatoms. The maximum Gasteiger partial charge on any atom is 0.257 e. The minimum Gasteiger partial charge on any atom is -0.495 e. The average Bonchev–Trinajstić information content (AvgIpc) is 3.64. The van der Waals surface area contributed by atoms with Crippen molar-refractivity contribution in [3.63, 3.8) is 0 Å². The molecule has 200 valence electrons. The zero-order valence-electron chi connectivity index (χ0n) is 21.5. The van der Waals surface area contributed by atoms with E-state index in [2.05, 4.69) is 4.98 Å². The number of aliphatic hydroxyl groups excluding tert-OH is 1. The fraction of sp³-hybridized carbons (Fsp3) is 0.379. The molecule has 1 aliphatic heterocycles. The Balaban J connectivity index is 1.72. The summed E-state index contributed by atoms with van der Waals surface area (Å²) in [6.07, 6.45) is 3.08. The van der Waals surface area contributed by atoms with Gasteiger partial charge in [-0.1, -0.05) is 23.7 Å². The second-order valence-electron chi connectivity index (χ2n) is 10.6. The van der Waals surface area contributed by atoms with Gasteiger partial charge in [-0.3, -0.25) is 14.7 Å². The summed E-state index contributed by atoms with van der Waals surface area (Å²) < 4.78 is 28.0. The van der Waals surface area contributed by atoms with Gasteiger partial charge in [-0.25, -0.2) is 4.39 Å². The highest BCUT2D eigenvalue weighted by molar-refractivity contribution is 6.30. The summed E-state index contributed by atoms with van der Waals surface area (Å²) in [7, 11) is 1.54. The number of halogens is 2. The Morgan fingerprint density at radius 2 is 1.87 bits per heavy atom. The van der Waals surface area contributed by atoms with Crippen LogP contribution < -0.4 is 4.74 Å². The van der Waals surface area contributed by atoms with E-state index in [9.17, 15) is 15.0 Å².